The van der Waals surface area contributed by atoms with Crippen molar-refractivity contribution in [1.82, 2.24) is 14.5 Å². The first-order valence-corrected chi connectivity index (χ1v) is 7.13. The standard InChI is InChI=1S/C16H12F4N4O/c17-13-7-11(1-3-14(13)24-6-5-21-10-24)8-22-15-4-2-12(9-23-15)25-16(18,19)20/h1-7,9-10H,8H2,(H,22,23). The lowest BCUT2D eigenvalue weighted by molar-refractivity contribution is -0.274. The summed E-state index contributed by atoms with van der Waals surface area (Å²) in [6.07, 6.45) is 0.867. The molecule has 0 radical (unpaired) electrons. The number of anilines is 1. The minimum absolute atomic E-state index is 0.258. The molecule has 1 N–H and O–H groups in total. The molecule has 2 heterocycles. The Morgan fingerprint density at radius 3 is 2.60 bits per heavy atom. The van der Waals surface area contributed by atoms with Crippen LogP contribution in [0.5, 0.6) is 5.75 Å². The Kier molecular flexibility index (Phi) is 4.55. The molecule has 0 saturated heterocycles. The van der Waals surface area contributed by atoms with Gasteiger partial charge in [-0.25, -0.2) is 14.4 Å². The van der Waals surface area contributed by atoms with Crippen LogP contribution in [0.25, 0.3) is 5.69 Å². The molecular weight excluding hydrogens is 340 g/mol. The molecule has 0 bridgehead atoms. The van der Waals surface area contributed by atoms with Crippen molar-refractivity contribution in [1.29, 1.82) is 0 Å². The highest BCUT2D eigenvalue weighted by molar-refractivity contribution is 5.41. The zero-order valence-corrected chi connectivity index (χ0v) is 12.7. The molecular formula is C16H12F4N4O. The summed E-state index contributed by atoms with van der Waals surface area (Å²) >= 11 is 0. The number of hydrogen-bond donors (Lipinski definition) is 1. The molecule has 5 nitrogen and oxygen atoms in total. The summed E-state index contributed by atoms with van der Waals surface area (Å²) in [5.74, 6) is -0.485. The van der Waals surface area contributed by atoms with Crippen LogP contribution in [0.15, 0.2) is 55.2 Å². The number of alkyl halides is 3. The third kappa shape index (κ3) is 4.46. The average Bonchev–Trinajstić information content (AvgIpc) is 3.07. The van der Waals surface area contributed by atoms with E-state index in [0.29, 0.717) is 17.1 Å². The lowest BCUT2D eigenvalue weighted by Crippen LogP contribution is -2.17. The van der Waals surface area contributed by atoms with Gasteiger partial charge in [0.1, 0.15) is 17.4 Å². The number of pyridine rings is 1. The van der Waals surface area contributed by atoms with Crippen LogP contribution in [0.1, 0.15) is 5.56 Å². The van der Waals surface area contributed by atoms with Gasteiger partial charge >= 0.3 is 6.36 Å². The predicted octanol–water partition coefficient (Wildman–Crippen LogP) is 3.92. The number of hydrogen-bond acceptors (Lipinski definition) is 4. The quantitative estimate of drug-likeness (QED) is 0.707. The Morgan fingerprint density at radius 1 is 1.16 bits per heavy atom. The maximum Gasteiger partial charge on any atom is 0.573 e. The molecule has 0 aliphatic heterocycles. The van der Waals surface area contributed by atoms with Gasteiger partial charge in [0.2, 0.25) is 0 Å². The molecule has 0 spiro atoms. The van der Waals surface area contributed by atoms with Crippen LogP contribution < -0.4 is 10.1 Å². The Bertz CT molecular complexity index is 832. The second kappa shape index (κ2) is 6.80. The second-order valence-corrected chi connectivity index (χ2v) is 5.04. The second-order valence-electron chi connectivity index (χ2n) is 5.04. The molecule has 0 fully saturated rings. The first-order valence-electron chi connectivity index (χ1n) is 7.13. The predicted molar refractivity (Wildman–Crippen MR) is 81.8 cm³/mol. The Labute approximate surface area is 139 Å². The number of nitrogens with zero attached hydrogens (tertiary/aromatic N) is 3. The zero-order chi connectivity index (χ0) is 17.9. The van der Waals surface area contributed by atoms with Gasteiger partial charge in [0, 0.05) is 18.9 Å². The lowest BCUT2D eigenvalue weighted by atomic mass is 10.2. The molecule has 0 aliphatic carbocycles. The normalized spacial score (nSPS) is 11.4. The van der Waals surface area contributed by atoms with Crippen molar-refractivity contribution in [2.45, 2.75) is 12.9 Å². The monoisotopic (exact) mass is 352 g/mol. The molecule has 0 aliphatic rings. The van der Waals surface area contributed by atoms with Crippen LogP contribution in [-0.4, -0.2) is 20.9 Å². The lowest BCUT2D eigenvalue weighted by Gasteiger charge is -2.10. The van der Waals surface area contributed by atoms with Crippen molar-refractivity contribution in [3.63, 3.8) is 0 Å². The van der Waals surface area contributed by atoms with Gasteiger partial charge in [0.15, 0.2) is 0 Å². The minimum atomic E-state index is -4.76. The van der Waals surface area contributed by atoms with E-state index in [1.807, 2.05) is 0 Å². The maximum absolute atomic E-state index is 14.1. The van der Waals surface area contributed by atoms with E-state index in [0.717, 1.165) is 12.3 Å². The fourth-order valence-corrected chi connectivity index (χ4v) is 2.14. The van der Waals surface area contributed by atoms with E-state index in [-0.39, 0.29) is 6.54 Å². The number of ether oxygens (including phenoxy) is 1. The fraction of sp³-hybridized carbons (Fsp3) is 0.125. The summed E-state index contributed by atoms with van der Waals surface area (Å²) in [6.45, 7) is 0.258. The van der Waals surface area contributed by atoms with Crippen LogP contribution in [0, 0.1) is 5.82 Å². The van der Waals surface area contributed by atoms with E-state index in [2.05, 4.69) is 20.0 Å². The van der Waals surface area contributed by atoms with Crippen molar-refractivity contribution >= 4 is 5.82 Å². The van der Waals surface area contributed by atoms with Gasteiger partial charge in [0.05, 0.1) is 18.2 Å². The highest BCUT2D eigenvalue weighted by Crippen LogP contribution is 2.22. The van der Waals surface area contributed by atoms with Gasteiger partial charge in [-0.2, -0.15) is 0 Å². The third-order valence-corrected chi connectivity index (χ3v) is 3.24. The van der Waals surface area contributed by atoms with Crippen molar-refractivity contribution in [2.24, 2.45) is 0 Å². The summed E-state index contributed by atoms with van der Waals surface area (Å²) in [5, 5.41) is 2.90. The van der Waals surface area contributed by atoms with E-state index < -0.39 is 17.9 Å². The van der Waals surface area contributed by atoms with E-state index in [4.69, 9.17) is 0 Å². The number of benzene rings is 1. The molecule has 0 amide bonds. The SMILES string of the molecule is Fc1cc(CNc2ccc(OC(F)(F)F)cn2)ccc1-n1ccnc1. The van der Waals surface area contributed by atoms with Crippen LogP contribution in [0.3, 0.4) is 0 Å². The Morgan fingerprint density at radius 2 is 2.00 bits per heavy atom. The highest BCUT2D eigenvalue weighted by Gasteiger charge is 2.31. The molecule has 1 aromatic carbocycles. The van der Waals surface area contributed by atoms with Crippen LogP contribution >= 0.6 is 0 Å². The van der Waals surface area contributed by atoms with E-state index in [9.17, 15) is 17.6 Å². The van der Waals surface area contributed by atoms with Crippen LogP contribution in [-0.2, 0) is 6.54 Å². The summed E-state index contributed by atoms with van der Waals surface area (Å²) in [7, 11) is 0. The molecule has 3 rings (SSSR count). The molecule has 25 heavy (non-hydrogen) atoms. The molecule has 130 valence electrons. The summed E-state index contributed by atoms with van der Waals surface area (Å²) < 4.78 is 55.7. The van der Waals surface area contributed by atoms with Gasteiger partial charge in [0.25, 0.3) is 0 Å². The number of imidazole rings is 1. The Hall–Kier alpha value is -3.10. The average molecular weight is 352 g/mol. The van der Waals surface area contributed by atoms with E-state index >= 15 is 0 Å². The first kappa shape index (κ1) is 16.7. The van der Waals surface area contributed by atoms with Crippen molar-refractivity contribution in [3.05, 3.63) is 66.6 Å². The minimum Gasteiger partial charge on any atom is -0.404 e. The summed E-state index contributed by atoms with van der Waals surface area (Å²) in [4.78, 5) is 7.68. The molecule has 0 unspecified atom stereocenters. The van der Waals surface area contributed by atoms with Gasteiger partial charge in [-0.3, -0.25) is 0 Å². The first-order chi connectivity index (χ1) is 11.9. The smallest absolute Gasteiger partial charge is 0.404 e. The van der Waals surface area contributed by atoms with Crippen molar-refractivity contribution < 1.29 is 22.3 Å². The maximum atomic E-state index is 14.1. The van der Waals surface area contributed by atoms with Gasteiger partial charge < -0.3 is 14.6 Å². The van der Waals surface area contributed by atoms with Gasteiger partial charge in [-0.05, 0) is 29.8 Å². The van der Waals surface area contributed by atoms with Crippen molar-refractivity contribution in [3.8, 4) is 11.4 Å². The van der Waals surface area contributed by atoms with Gasteiger partial charge in [-0.15, -0.1) is 13.2 Å². The number of nitrogens with one attached hydrogen (secondary N) is 1. The Balaban J connectivity index is 1.63. The van der Waals surface area contributed by atoms with E-state index in [1.165, 1.54) is 18.5 Å². The zero-order valence-electron chi connectivity index (χ0n) is 12.7. The van der Waals surface area contributed by atoms with Crippen LogP contribution in [0.2, 0.25) is 0 Å². The number of halogens is 4. The summed E-state index contributed by atoms with van der Waals surface area (Å²) in [6, 6.07) is 7.20. The fourth-order valence-electron chi connectivity index (χ4n) is 2.14. The third-order valence-electron chi connectivity index (χ3n) is 3.24. The molecule has 3 aromatic rings. The molecule has 9 heteroatoms. The number of rotatable bonds is 5. The largest absolute Gasteiger partial charge is 0.573 e. The topological polar surface area (TPSA) is 52.0 Å². The highest BCUT2D eigenvalue weighted by atomic mass is 19.4. The van der Waals surface area contributed by atoms with E-state index in [1.54, 1.807) is 29.1 Å². The van der Waals surface area contributed by atoms with Crippen LogP contribution in [0.4, 0.5) is 23.4 Å². The molecule has 0 atom stereocenters. The molecule has 0 saturated carbocycles. The number of aromatic nitrogens is 3. The molecule has 2 aromatic heterocycles. The summed E-state index contributed by atoms with van der Waals surface area (Å²) in [5.41, 5.74) is 1.02. The van der Waals surface area contributed by atoms with Gasteiger partial charge in [-0.1, -0.05) is 6.07 Å². The van der Waals surface area contributed by atoms with Crippen molar-refractivity contribution in [2.75, 3.05) is 5.32 Å².